The summed E-state index contributed by atoms with van der Waals surface area (Å²) in [6.07, 6.45) is -4.18. The van der Waals surface area contributed by atoms with E-state index in [-0.39, 0.29) is 31.4 Å². The molecular formula is C11H17F3N2O3. The number of amides is 3. The number of imide groups is 1. The molecule has 8 heteroatoms. The first-order valence-electron chi connectivity index (χ1n) is 5.98. The Bertz CT molecular complexity index is 345. The average molecular weight is 282 g/mol. The first kappa shape index (κ1) is 15.7. The van der Waals surface area contributed by atoms with Gasteiger partial charge in [0.2, 0.25) is 0 Å². The number of halogens is 3. The van der Waals surface area contributed by atoms with Crippen molar-refractivity contribution < 1.29 is 27.5 Å². The van der Waals surface area contributed by atoms with Crippen molar-refractivity contribution in [1.82, 2.24) is 10.2 Å². The number of hydrogen-bond donors (Lipinski definition) is 1. The molecule has 0 aromatic heterocycles. The minimum atomic E-state index is -4.36. The van der Waals surface area contributed by atoms with Crippen molar-refractivity contribution in [3.8, 4) is 0 Å². The van der Waals surface area contributed by atoms with Gasteiger partial charge in [-0.25, -0.2) is 4.79 Å². The zero-order chi connectivity index (χ0) is 14.6. The average Bonchev–Trinajstić information content (AvgIpc) is 2.54. The van der Waals surface area contributed by atoms with Crippen molar-refractivity contribution in [1.29, 1.82) is 0 Å². The van der Waals surface area contributed by atoms with Crippen LogP contribution in [-0.2, 0) is 9.53 Å². The Kier molecular flexibility index (Phi) is 5.16. The van der Waals surface area contributed by atoms with Crippen LogP contribution < -0.4 is 5.32 Å². The van der Waals surface area contributed by atoms with Gasteiger partial charge in [-0.15, -0.1) is 0 Å². The summed E-state index contributed by atoms with van der Waals surface area (Å²) in [6, 6.07) is -1.05. The predicted octanol–water partition coefficient (Wildman–Crippen LogP) is 1.53. The summed E-state index contributed by atoms with van der Waals surface area (Å²) in [7, 11) is 0. The van der Waals surface area contributed by atoms with E-state index in [4.69, 9.17) is 0 Å². The number of ether oxygens (including phenoxy) is 1. The molecular weight excluding hydrogens is 265 g/mol. The molecule has 1 heterocycles. The van der Waals surface area contributed by atoms with Crippen LogP contribution in [-0.4, -0.2) is 48.8 Å². The summed E-state index contributed by atoms with van der Waals surface area (Å²) in [5, 5.41) is 2.53. The van der Waals surface area contributed by atoms with E-state index in [0.29, 0.717) is 0 Å². The third kappa shape index (κ3) is 4.70. The van der Waals surface area contributed by atoms with Crippen molar-refractivity contribution in [3.05, 3.63) is 0 Å². The van der Waals surface area contributed by atoms with Crippen molar-refractivity contribution in [2.75, 3.05) is 19.8 Å². The molecule has 0 aliphatic carbocycles. The van der Waals surface area contributed by atoms with Crippen molar-refractivity contribution >= 4 is 11.9 Å². The minimum absolute atomic E-state index is 0.0251. The van der Waals surface area contributed by atoms with Crippen LogP contribution in [0, 0.1) is 5.92 Å². The van der Waals surface area contributed by atoms with E-state index in [1.165, 1.54) is 0 Å². The first-order valence-corrected chi connectivity index (χ1v) is 5.98. The van der Waals surface area contributed by atoms with Crippen LogP contribution in [0.15, 0.2) is 0 Å². The Hall–Kier alpha value is -1.31. The standard InChI is InChI=1S/C11H17F3N2O3/c1-7(2)8-9(17)16(10(18)15-8)4-3-5-19-6-11(12,13)14/h7-8H,3-6H2,1-2H3,(H,15,18)/t8-/m1/s1. The number of hydrogen-bond acceptors (Lipinski definition) is 3. The van der Waals surface area contributed by atoms with Gasteiger partial charge >= 0.3 is 12.2 Å². The summed E-state index contributed by atoms with van der Waals surface area (Å²) in [5.74, 6) is -0.362. The maximum atomic E-state index is 11.8. The minimum Gasteiger partial charge on any atom is -0.372 e. The van der Waals surface area contributed by atoms with E-state index < -0.39 is 24.9 Å². The molecule has 110 valence electrons. The summed E-state index contributed by atoms with van der Waals surface area (Å²) in [5.41, 5.74) is 0. The molecule has 3 amide bonds. The molecule has 1 fully saturated rings. The number of nitrogens with zero attached hydrogens (tertiary/aromatic N) is 1. The molecule has 1 saturated heterocycles. The number of urea groups is 1. The molecule has 0 aromatic rings. The fraction of sp³-hybridized carbons (Fsp3) is 0.818. The largest absolute Gasteiger partial charge is 0.411 e. The summed E-state index contributed by atoms with van der Waals surface area (Å²) >= 11 is 0. The molecule has 1 rings (SSSR count). The third-order valence-electron chi connectivity index (χ3n) is 2.66. The number of alkyl halides is 3. The van der Waals surface area contributed by atoms with Gasteiger partial charge in [0.05, 0.1) is 0 Å². The Balaban J connectivity index is 2.30. The summed E-state index contributed by atoms with van der Waals surface area (Å²) in [6.45, 7) is 2.20. The second-order valence-corrected chi connectivity index (χ2v) is 4.68. The second-order valence-electron chi connectivity index (χ2n) is 4.68. The zero-order valence-electron chi connectivity index (χ0n) is 10.8. The Morgan fingerprint density at radius 3 is 2.47 bits per heavy atom. The van der Waals surface area contributed by atoms with E-state index in [1.807, 2.05) is 0 Å². The molecule has 19 heavy (non-hydrogen) atoms. The van der Waals surface area contributed by atoms with E-state index in [1.54, 1.807) is 13.8 Å². The molecule has 1 N–H and O–H groups in total. The zero-order valence-corrected chi connectivity index (χ0v) is 10.8. The molecule has 0 unspecified atom stereocenters. The molecule has 0 radical (unpaired) electrons. The van der Waals surface area contributed by atoms with Gasteiger partial charge in [-0.1, -0.05) is 13.8 Å². The van der Waals surface area contributed by atoms with Gasteiger partial charge in [-0.05, 0) is 12.3 Å². The van der Waals surface area contributed by atoms with Gasteiger partial charge in [-0.2, -0.15) is 13.2 Å². The van der Waals surface area contributed by atoms with Crippen molar-refractivity contribution in [2.45, 2.75) is 32.5 Å². The number of rotatable bonds is 6. The van der Waals surface area contributed by atoms with Crippen LogP contribution in [0.3, 0.4) is 0 Å². The third-order valence-corrected chi connectivity index (χ3v) is 2.66. The van der Waals surface area contributed by atoms with Crippen molar-refractivity contribution in [3.63, 3.8) is 0 Å². The number of carbonyl (C=O) groups excluding carboxylic acids is 2. The highest BCUT2D eigenvalue weighted by Crippen LogP contribution is 2.15. The molecule has 1 atom stereocenters. The summed E-state index contributed by atoms with van der Waals surface area (Å²) in [4.78, 5) is 24.3. The SMILES string of the molecule is CC(C)[C@H]1NC(=O)N(CCCOCC(F)(F)F)C1=O. The Morgan fingerprint density at radius 2 is 2.00 bits per heavy atom. The van der Waals surface area contributed by atoms with Gasteiger partial charge in [0.25, 0.3) is 5.91 Å². The molecule has 5 nitrogen and oxygen atoms in total. The topological polar surface area (TPSA) is 58.6 Å². The molecule has 0 saturated carbocycles. The lowest BCUT2D eigenvalue weighted by Gasteiger charge is -2.14. The fourth-order valence-electron chi connectivity index (χ4n) is 1.72. The van der Waals surface area contributed by atoms with Gasteiger partial charge in [0.15, 0.2) is 0 Å². The lowest BCUT2D eigenvalue weighted by Crippen LogP contribution is -2.35. The quantitative estimate of drug-likeness (QED) is 0.594. The second kappa shape index (κ2) is 6.23. The van der Waals surface area contributed by atoms with Crippen LogP contribution in [0.5, 0.6) is 0 Å². The van der Waals surface area contributed by atoms with Gasteiger partial charge < -0.3 is 10.1 Å². The lowest BCUT2D eigenvalue weighted by atomic mass is 10.1. The van der Waals surface area contributed by atoms with E-state index in [2.05, 4.69) is 10.1 Å². The number of carbonyl (C=O) groups is 2. The maximum Gasteiger partial charge on any atom is 0.411 e. The summed E-state index contributed by atoms with van der Waals surface area (Å²) < 4.78 is 39.8. The van der Waals surface area contributed by atoms with Crippen LogP contribution in [0.25, 0.3) is 0 Å². The van der Waals surface area contributed by atoms with Gasteiger partial charge in [0.1, 0.15) is 12.6 Å². The van der Waals surface area contributed by atoms with Crippen molar-refractivity contribution in [2.24, 2.45) is 5.92 Å². The van der Waals surface area contributed by atoms with Gasteiger partial charge in [0, 0.05) is 13.2 Å². The highest BCUT2D eigenvalue weighted by atomic mass is 19.4. The van der Waals surface area contributed by atoms with E-state index in [0.717, 1.165) is 4.90 Å². The molecule has 0 aromatic carbocycles. The lowest BCUT2D eigenvalue weighted by molar-refractivity contribution is -0.174. The van der Waals surface area contributed by atoms with Crippen LogP contribution in [0.4, 0.5) is 18.0 Å². The van der Waals surface area contributed by atoms with E-state index in [9.17, 15) is 22.8 Å². The highest BCUT2D eigenvalue weighted by Gasteiger charge is 2.39. The highest BCUT2D eigenvalue weighted by molar-refractivity contribution is 6.04. The first-order chi connectivity index (χ1) is 8.72. The monoisotopic (exact) mass is 282 g/mol. The fourth-order valence-corrected chi connectivity index (χ4v) is 1.72. The Labute approximate surface area is 109 Å². The normalized spacial score (nSPS) is 20.3. The molecule has 0 bridgehead atoms. The maximum absolute atomic E-state index is 11.8. The van der Waals surface area contributed by atoms with Crippen LogP contribution in [0.1, 0.15) is 20.3 Å². The van der Waals surface area contributed by atoms with Crippen LogP contribution in [0.2, 0.25) is 0 Å². The Morgan fingerprint density at radius 1 is 1.37 bits per heavy atom. The molecule has 1 aliphatic rings. The molecule has 1 aliphatic heterocycles. The van der Waals surface area contributed by atoms with Crippen LogP contribution >= 0.6 is 0 Å². The number of nitrogens with one attached hydrogen (secondary N) is 1. The molecule has 0 spiro atoms. The van der Waals surface area contributed by atoms with Gasteiger partial charge in [-0.3, -0.25) is 9.69 Å². The smallest absolute Gasteiger partial charge is 0.372 e. The van der Waals surface area contributed by atoms with E-state index >= 15 is 0 Å². The predicted molar refractivity (Wildman–Crippen MR) is 60.4 cm³/mol.